The Morgan fingerprint density at radius 2 is 1.96 bits per heavy atom. The van der Waals surface area contributed by atoms with Gasteiger partial charge in [-0.2, -0.15) is 0 Å². The Hall–Kier alpha value is -1.81. The van der Waals surface area contributed by atoms with Crippen LogP contribution < -0.4 is 4.74 Å². The first kappa shape index (κ1) is 18.5. The van der Waals surface area contributed by atoms with Crippen LogP contribution in [0.15, 0.2) is 35.0 Å². The standard InChI is InChI=1S/C20H30N2O2/c1-16(14-22(2)3)15-24-21-19-11-7-5-9-17(19)13-18-10-6-8-12-20(18)23-4/h6,8,10,12-13,16H,5,7,9,11,14-15H2,1-4H3. The van der Waals surface area contributed by atoms with Gasteiger partial charge in [-0.1, -0.05) is 30.3 Å². The Balaban J connectivity index is 2.07. The molecule has 24 heavy (non-hydrogen) atoms. The molecule has 1 atom stereocenters. The van der Waals surface area contributed by atoms with Gasteiger partial charge in [-0.25, -0.2) is 0 Å². The van der Waals surface area contributed by atoms with Crippen LogP contribution in [0.2, 0.25) is 0 Å². The van der Waals surface area contributed by atoms with Crippen LogP contribution in [0.3, 0.4) is 0 Å². The summed E-state index contributed by atoms with van der Waals surface area (Å²) < 4.78 is 5.45. The number of hydrogen-bond donors (Lipinski definition) is 0. The van der Waals surface area contributed by atoms with E-state index >= 15 is 0 Å². The minimum atomic E-state index is 0.467. The predicted octanol–water partition coefficient (Wildman–Crippen LogP) is 4.22. The van der Waals surface area contributed by atoms with Crippen LogP contribution in [0.4, 0.5) is 0 Å². The largest absolute Gasteiger partial charge is 0.496 e. The van der Waals surface area contributed by atoms with Crippen molar-refractivity contribution in [3.05, 3.63) is 35.4 Å². The van der Waals surface area contributed by atoms with Gasteiger partial charge in [-0.05, 0) is 57.5 Å². The van der Waals surface area contributed by atoms with Crippen molar-refractivity contribution in [1.82, 2.24) is 4.90 Å². The van der Waals surface area contributed by atoms with E-state index in [-0.39, 0.29) is 0 Å². The second-order valence-electron chi connectivity index (χ2n) is 6.82. The van der Waals surface area contributed by atoms with Gasteiger partial charge in [0.05, 0.1) is 12.8 Å². The van der Waals surface area contributed by atoms with Crippen molar-refractivity contribution in [3.8, 4) is 5.75 Å². The van der Waals surface area contributed by atoms with Crippen LogP contribution in [0.1, 0.15) is 38.2 Å². The summed E-state index contributed by atoms with van der Waals surface area (Å²) in [6.07, 6.45) is 6.62. The summed E-state index contributed by atoms with van der Waals surface area (Å²) in [6.45, 7) is 3.85. The molecule has 0 aromatic heterocycles. The maximum absolute atomic E-state index is 5.65. The highest BCUT2D eigenvalue weighted by Gasteiger charge is 2.15. The monoisotopic (exact) mass is 330 g/mol. The number of benzene rings is 1. The van der Waals surface area contributed by atoms with Crippen molar-refractivity contribution in [2.24, 2.45) is 11.1 Å². The number of nitrogens with zero attached hydrogens (tertiary/aromatic N) is 2. The fraction of sp³-hybridized carbons (Fsp3) is 0.550. The fourth-order valence-electron chi connectivity index (χ4n) is 3.06. The van der Waals surface area contributed by atoms with Crippen molar-refractivity contribution < 1.29 is 9.57 Å². The average molecular weight is 330 g/mol. The van der Waals surface area contributed by atoms with Gasteiger partial charge in [0.1, 0.15) is 12.4 Å². The molecule has 0 amide bonds. The lowest BCUT2D eigenvalue weighted by Gasteiger charge is -2.19. The lowest BCUT2D eigenvalue weighted by atomic mass is 9.91. The molecule has 0 aliphatic heterocycles. The van der Waals surface area contributed by atoms with Crippen LogP contribution in [0.25, 0.3) is 6.08 Å². The first-order valence-electron chi connectivity index (χ1n) is 8.77. The molecule has 132 valence electrons. The second-order valence-corrected chi connectivity index (χ2v) is 6.82. The molecule has 0 bridgehead atoms. The predicted molar refractivity (Wildman–Crippen MR) is 101 cm³/mol. The Morgan fingerprint density at radius 3 is 2.71 bits per heavy atom. The molecule has 1 aliphatic carbocycles. The van der Waals surface area contributed by atoms with Crippen LogP contribution in [0, 0.1) is 5.92 Å². The quantitative estimate of drug-likeness (QED) is 0.702. The van der Waals surface area contributed by atoms with Crippen LogP contribution >= 0.6 is 0 Å². The Kier molecular flexibility index (Phi) is 7.32. The van der Waals surface area contributed by atoms with E-state index in [4.69, 9.17) is 9.57 Å². The van der Waals surface area contributed by atoms with Crippen LogP contribution in [0.5, 0.6) is 5.75 Å². The third-order valence-corrected chi connectivity index (χ3v) is 4.16. The Morgan fingerprint density at radius 1 is 1.21 bits per heavy atom. The number of hydrogen-bond acceptors (Lipinski definition) is 4. The summed E-state index contributed by atoms with van der Waals surface area (Å²) in [5.74, 6) is 1.37. The zero-order valence-corrected chi connectivity index (χ0v) is 15.4. The number of allylic oxidation sites excluding steroid dienone is 1. The summed E-state index contributed by atoms with van der Waals surface area (Å²) in [5.41, 5.74) is 3.46. The molecule has 1 saturated carbocycles. The molecular formula is C20H30N2O2. The van der Waals surface area contributed by atoms with E-state index in [2.05, 4.69) is 43.2 Å². The molecule has 1 fully saturated rings. The van der Waals surface area contributed by atoms with Gasteiger partial charge in [0.15, 0.2) is 0 Å². The highest BCUT2D eigenvalue weighted by atomic mass is 16.6. The van der Waals surface area contributed by atoms with E-state index in [0.29, 0.717) is 12.5 Å². The summed E-state index contributed by atoms with van der Waals surface area (Å²) in [5, 5.41) is 4.45. The van der Waals surface area contributed by atoms with Crippen LogP contribution in [-0.4, -0.2) is 45.0 Å². The Bertz CT molecular complexity index is 579. The average Bonchev–Trinajstić information content (AvgIpc) is 2.56. The minimum Gasteiger partial charge on any atom is -0.496 e. The highest BCUT2D eigenvalue weighted by Crippen LogP contribution is 2.27. The van der Waals surface area contributed by atoms with Gasteiger partial charge < -0.3 is 14.5 Å². The number of oxime groups is 1. The topological polar surface area (TPSA) is 34.1 Å². The van der Waals surface area contributed by atoms with Crippen molar-refractivity contribution >= 4 is 11.8 Å². The molecule has 4 heteroatoms. The Labute approximate surface area is 146 Å². The first-order chi connectivity index (χ1) is 11.6. The molecule has 0 heterocycles. The van der Waals surface area contributed by atoms with E-state index in [9.17, 15) is 0 Å². The van der Waals surface area contributed by atoms with Crippen molar-refractivity contribution in [2.75, 3.05) is 34.4 Å². The molecule has 2 rings (SSSR count). The van der Waals surface area contributed by atoms with Gasteiger partial charge in [-0.3, -0.25) is 0 Å². The second kappa shape index (κ2) is 9.48. The van der Waals surface area contributed by atoms with Gasteiger partial charge in [-0.15, -0.1) is 0 Å². The molecule has 1 unspecified atom stereocenters. The van der Waals surface area contributed by atoms with E-state index in [1.54, 1.807) is 7.11 Å². The molecule has 0 saturated heterocycles. The van der Waals surface area contributed by atoms with Gasteiger partial charge in [0, 0.05) is 18.0 Å². The first-order valence-corrected chi connectivity index (χ1v) is 8.77. The third-order valence-electron chi connectivity index (χ3n) is 4.16. The number of methoxy groups -OCH3 is 1. The van der Waals surface area contributed by atoms with E-state index in [1.165, 1.54) is 18.4 Å². The summed E-state index contributed by atoms with van der Waals surface area (Å²) in [7, 11) is 5.87. The number of rotatable bonds is 7. The molecule has 1 aromatic carbocycles. The lowest BCUT2D eigenvalue weighted by Crippen LogP contribution is -2.22. The van der Waals surface area contributed by atoms with Crippen molar-refractivity contribution in [3.63, 3.8) is 0 Å². The molecule has 1 aliphatic rings. The minimum absolute atomic E-state index is 0.467. The summed E-state index contributed by atoms with van der Waals surface area (Å²) in [6, 6.07) is 8.10. The fourth-order valence-corrected chi connectivity index (χ4v) is 3.06. The van der Waals surface area contributed by atoms with Gasteiger partial charge in [0.25, 0.3) is 0 Å². The van der Waals surface area contributed by atoms with E-state index < -0.39 is 0 Å². The molecule has 0 radical (unpaired) electrons. The third kappa shape index (κ3) is 5.68. The zero-order valence-electron chi connectivity index (χ0n) is 15.4. The maximum atomic E-state index is 5.65. The van der Waals surface area contributed by atoms with Crippen molar-refractivity contribution in [1.29, 1.82) is 0 Å². The van der Waals surface area contributed by atoms with Gasteiger partial charge >= 0.3 is 0 Å². The summed E-state index contributed by atoms with van der Waals surface area (Å²) >= 11 is 0. The molecule has 0 spiro atoms. The lowest BCUT2D eigenvalue weighted by molar-refractivity contribution is 0.101. The van der Waals surface area contributed by atoms with E-state index in [1.807, 2.05) is 18.2 Å². The van der Waals surface area contributed by atoms with E-state index in [0.717, 1.165) is 36.4 Å². The van der Waals surface area contributed by atoms with Gasteiger partial charge in [0.2, 0.25) is 0 Å². The molecule has 0 N–H and O–H groups in total. The maximum Gasteiger partial charge on any atom is 0.126 e. The molecule has 1 aromatic rings. The molecular weight excluding hydrogens is 300 g/mol. The van der Waals surface area contributed by atoms with Crippen molar-refractivity contribution in [2.45, 2.75) is 32.6 Å². The van der Waals surface area contributed by atoms with Crippen LogP contribution in [-0.2, 0) is 4.84 Å². The SMILES string of the molecule is COc1ccccc1C=C1CCCCC1=NOCC(C)CN(C)C. The number of ether oxygens (including phenoxy) is 1. The summed E-state index contributed by atoms with van der Waals surface area (Å²) in [4.78, 5) is 7.82. The highest BCUT2D eigenvalue weighted by molar-refractivity contribution is 6.04. The normalized spacial score (nSPS) is 19.7. The molecule has 4 nitrogen and oxygen atoms in total. The zero-order chi connectivity index (χ0) is 17.4. The smallest absolute Gasteiger partial charge is 0.126 e. The number of para-hydroxylation sites is 1.